The Balaban J connectivity index is 1.18. The number of pyridine rings is 1. The number of nitrogens with zero attached hydrogens (tertiary/aromatic N) is 3. The number of aryl methyl sites for hydroxylation is 1. The molecule has 0 saturated carbocycles. The highest BCUT2D eigenvalue weighted by atomic mass is 16.6. The summed E-state index contributed by atoms with van der Waals surface area (Å²) in [6, 6.07) is 24.4. The number of piperidine rings is 1. The molecule has 1 aliphatic rings. The van der Waals surface area contributed by atoms with Crippen LogP contribution in [0.3, 0.4) is 0 Å². The van der Waals surface area contributed by atoms with E-state index in [-0.39, 0.29) is 6.09 Å². The third kappa shape index (κ3) is 7.16. The fourth-order valence-electron chi connectivity index (χ4n) is 4.53. The largest absolute Gasteiger partial charge is 0.415 e. The molecule has 0 radical (unpaired) electrons. The number of aromatic nitrogens is 1. The fourth-order valence-corrected chi connectivity index (χ4v) is 4.53. The van der Waals surface area contributed by atoms with E-state index in [1.807, 2.05) is 54.3 Å². The second-order valence-corrected chi connectivity index (χ2v) is 9.40. The average Bonchev–Trinajstić information content (AvgIpc) is 2.85. The lowest BCUT2D eigenvalue weighted by molar-refractivity contribution is 0.126. The summed E-state index contributed by atoms with van der Waals surface area (Å²) in [7, 11) is 2.18. The Bertz CT molecular complexity index is 1040. The van der Waals surface area contributed by atoms with E-state index in [2.05, 4.69) is 47.3 Å². The Hall–Kier alpha value is -3.18. The molecule has 2 heterocycles. The summed E-state index contributed by atoms with van der Waals surface area (Å²) in [5, 5.41) is 0. The Morgan fingerprint density at radius 3 is 2.41 bits per heavy atom. The van der Waals surface area contributed by atoms with Crippen LogP contribution in [-0.2, 0) is 13.0 Å². The van der Waals surface area contributed by atoms with Crippen molar-refractivity contribution in [2.75, 3.05) is 26.7 Å². The van der Waals surface area contributed by atoms with Crippen LogP contribution in [0.1, 0.15) is 41.8 Å². The molecular weight excluding hydrogens is 422 g/mol. The quantitative estimate of drug-likeness (QED) is 0.434. The summed E-state index contributed by atoms with van der Waals surface area (Å²) in [4.78, 5) is 21.4. The van der Waals surface area contributed by atoms with Crippen LogP contribution < -0.4 is 4.74 Å². The summed E-state index contributed by atoms with van der Waals surface area (Å²) < 4.78 is 5.64. The minimum absolute atomic E-state index is 0.243. The highest BCUT2D eigenvalue weighted by molar-refractivity contribution is 5.70. The summed E-state index contributed by atoms with van der Waals surface area (Å²) in [6.45, 7) is 5.59. The number of carbonyl (C=O) groups is 1. The molecule has 1 aliphatic heterocycles. The maximum absolute atomic E-state index is 12.6. The minimum atomic E-state index is -0.243. The second-order valence-electron chi connectivity index (χ2n) is 9.40. The summed E-state index contributed by atoms with van der Waals surface area (Å²) in [5.74, 6) is 1.26. The lowest BCUT2D eigenvalue weighted by Gasteiger charge is -2.32. The molecular formula is C29H35N3O2. The molecule has 1 fully saturated rings. The van der Waals surface area contributed by atoms with Gasteiger partial charge in [0.25, 0.3) is 0 Å². The van der Waals surface area contributed by atoms with Crippen molar-refractivity contribution in [2.45, 2.75) is 39.2 Å². The van der Waals surface area contributed by atoms with Crippen LogP contribution in [0.5, 0.6) is 5.75 Å². The van der Waals surface area contributed by atoms with Gasteiger partial charge in [0.1, 0.15) is 5.75 Å². The van der Waals surface area contributed by atoms with E-state index in [0.29, 0.717) is 11.7 Å². The molecule has 5 heteroatoms. The normalized spacial score (nSPS) is 14.4. The molecule has 1 aromatic heterocycles. The van der Waals surface area contributed by atoms with Gasteiger partial charge in [0.2, 0.25) is 0 Å². The van der Waals surface area contributed by atoms with Crippen molar-refractivity contribution < 1.29 is 9.53 Å². The molecule has 34 heavy (non-hydrogen) atoms. The average molecular weight is 458 g/mol. The number of ether oxygens (including phenoxy) is 1. The van der Waals surface area contributed by atoms with Gasteiger partial charge in [-0.05, 0) is 81.1 Å². The van der Waals surface area contributed by atoms with Crippen LogP contribution in [0.2, 0.25) is 0 Å². The Morgan fingerprint density at radius 1 is 0.971 bits per heavy atom. The molecule has 3 aromatic rings. The van der Waals surface area contributed by atoms with Gasteiger partial charge < -0.3 is 14.5 Å². The van der Waals surface area contributed by atoms with Crippen molar-refractivity contribution in [3.63, 3.8) is 0 Å². The zero-order valence-electron chi connectivity index (χ0n) is 20.3. The van der Waals surface area contributed by atoms with Gasteiger partial charge in [0.05, 0.1) is 0 Å². The van der Waals surface area contributed by atoms with Gasteiger partial charge in [-0.2, -0.15) is 0 Å². The topological polar surface area (TPSA) is 45.7 Å². The monoisotopic (exact) mass is 457 g/mol. The summed E-state index contributed by atoms with van der Waals surface area (Å²) in [5.41, 5.74) is 4.56. The molecule has 0 unspecified atom stereocenters. The third-order valence-corrected chi connectivity index (χ3v) is 6.55. The standard InChI is InChI=1S/C29H35N3O2/c1-23-7-6-10-27(30-23)21-25-11-13-28(14-12-25)34-29(33)32-19-16-24(17-20-32)15-18-31(2)22-26-8-4-3-5-9-26/h3-14,24H,15-22H2,1-2H3. The van der Waals surface area contributed by atoms with Crippen molar-refractivity contribution in [3.8, 4) is 5.75 Å². The molecule has 0 aliphatic carbocycles. The van der Waals surface area contributed by atoms with Crippen molar-refractivity contribution in [3.05, 3.63) is 95.3 Å². The predicted molar refractivity (Wildman–Crippen MR) is 136 cm³/mol. The Labute approximate surface area is 203 Å². The first-order valence-electron chi connectivity index (χ1n) is 12.3. The highest BCUT2D eigenvalue weighted by Crippen LogP contribution is 2.23. The van der Waals surface area contributed by atoms with E-state index in [4.69, 9.17) is 4.74 Å². The maximum Gasteiger partial charge on any atom is 0.415 e. The van der Waals surface area contributed by atoms with Crippen molar-refractivity contribution >= 4 is 6.09 Å². The van der Waals surface area contributed by atoms with Crippen LogP contribution in [0, 0.1) is 12.8 Å². The van der Waals surface area contributed by atoms with Crippen molar-refractivity contribution in [2.24, 2.45) is 5.92 Å². The molecule has 0 bridgehead atoms. The SMILES string of the molecule is Cc1cccc(Cc2ccc(OC(=O)N3CCC(CCN(C)Cc4ccccc4)CC3)cc2)n1. The molecule has 5 nitrogen and oxygen atoms in total. The molecule has 2 aromatic carbocycles. The van der Waals surface area contributed by atoms with Crippen LogP contribution in [0.15, 0.2) is 72.8 Å². The van der Waals surface area contributed by atoms with Gasteiger partial charge in [-0.1, -0.05) is 48.5 Å². The van der Waals surface area contributed by atoms with Crippen LogP contribution in [-0.4, -0.2) is 47.6 Å². The molecule has 1 amide bonds. The smallest absolute Gasteiger partial charge is 0.410 e. The van der Waals surface area contributed by atoms with Gasteiger partial charge in [0.15, 0.2) is 0 Å². The number of carbonyl (C=O) groups excluding carboxylic acids is 1. The van der Waals surface area contributed by atoms with Gasteiger partial charge in [-0.3, -0.25) is 4.98 Å². The minimum Gasteiger partial charge on any atom is -0.410 e. The first-order valence-corrected chi connectivity index (χ1v) is 12.3. The van der Waals surface area contributed by atoms with Gasteiger partial charge in [-0.15, -0.1) is 0 Å². The fraction of sp³-hybridized carbons (Fsp3) is 0.379. The highest BCUT2D eigenvalue weighted by Gasteiger charge is 2.24. The maximum atomic E-state index is 12.6. The first-order chi connectivity index (χ1) is 16.5. The Kier molecular flexibility index (Phi) is 8.31. The number of benzene rings is 2. The van der Waals surface area contributed by atoms with Crippen LogP contribution >= 0.6 is 0 Å². The number of likely N-dealkylation sites (tertiary alicyclic amines) is 1. The van der Waals surface area contributed by atoms with Crippen molar-refractivity contribution in [1.82, 2.24) is 14.8 Å². The lowest BCUT2D eigenvalue weighted by atomic mass is 9.93. The van der Waals surface area contributed by atoms with E-state index < -0.39 is 0 Å². The molecule has 178 valence electrons. The predicted octanol–water partition coefficient (Wildman–Crippen LogP) is 5.71. The second kappa shape index (κ2) is 11.8. The van der Waals surface area contributed by atoms with Crippen LogP contribution in [0.4, 0.5) is 4.79 Å². The van der Waals surface area contributed by atoms with E-state index in [9.17, 15) is 4.79 Å². The first kappa shape index (κ1) is 24.0. The number of amides is 1. The Morgan fingerprint density at radius 2 is 1.71 bits per heavy atom. The molecule has 4 rings (SSSR count). The number of rotatable bonds is 8. The molecule has 0 spiro atoms. The van der Waals surface area contributed by atoms with E-state index in [1.165, 1.54) is 12.0 Å². The van der Waals surface area contributed by atoms with Crippen molar-refractivity contribution in [1.29, 1.82) is 0 Å². The number of hydrogen-bond acceptors (Lipinski definition) is 4. The lowest BCUT2D eigenvalue weighted by Crippen LogP contribution is -2.40. The van der Waals surface area contributed by atoms with Crippen LogP contribution in [0.25, 0.3) is 0 Å². The van der Waals surface area contributed by atoms with E-state index in [1.54, 1.807) is 0 Å². The molecule has 0 N–H and O–H groups in total. The third-order valence-electron chi connectivity index (χ3n) is 6.55. The van der Waals surface area contributed by atoms with E-state index >= 15 is 0 Å². The zero-order valence-corrected chi connectivity index (χ0v) is 20.3. The summed E-state index contributed by atoms with van der Waals surface area (Å²) in [6.07, 6.45) is 3.77. The van der Waals surface area contributed by atoms with Gasteiger partial charge in [-0.25, -0.2) is 4.79 Å². The summed E-state index contributed by atoms with van der Waals surface area (Å²) >= 11 is 0. The number of hydrogen-bond donors (Lipinski definition) is 0. The zero-order chi connectivity index (χ0) is 23.8. The molecule has 0 atom stereocenters. The van der Waals surface area contributed by atoms with Gasteiger partial charge >= 0.3 is 6.09 Å². The molecule has 1 saturated heterocycles. The van der Waals surface area contributed by atoms with Gasteiger partial charge in [0, 0.05) is 37.4 Å². The van der Waals surface area contributed by atoms with E-state index in [0.717, 1.165) is 62.4 Å².